The molecule has 2 heterocycles. The van der Waals surface area contributed by atoms with Crippen molar-refractivity contribution < 1.29 is 14.3 Å². The molecule has 0 amide bonds. The second-order valence-corrected chi connectivity index (χ2v) is 11.1. The zero-order chi connectivity index (χ0) is 23.8. The number of benzene rings is 1. The van der Waals surface area contributed by atoms with Crippen LogP contribution in [0, 0.1) is 11.3 Å². The minimum atomic E-state index is -0.350. The molecule has 1 aliphatic carbocycles. The summed E-state index contributed by atoms with van der Waals surface area (Å²) in [4.78, 5) is 18.1. The van der Waals surface area contributed by atoms with Crippen molar-refractivity contribution in [3.05, 3.63) is 35.0 Å². The number of nitrogens with zero attached hydrogens (tertiary/aromatic N) is 3. The molecule has 1 unspecified atom stereocenters. The number of aromatic nitrogens is 3. The van der Waals surface area contributed by atoms with Gasteiger partial charge in [0.05, 0.1) is 13.7 Å². The molecule has 33 heavy (non-hydrogen) atoms. The first-order valence-corrected chi connectivity index (χ1v) is 12.6. The average Bonchev–Trinajstić information content (AvgIpc) is 3.13. The molecule has 2 aromatic rings. The molecule has 8 heteroatoms. The fourth-order valence-corrected chi connectivity index (χ4v) is 5.02. The first-order chi connectivity index (χ1) is 15.7. The molecule has 0 radical (unpaired) electrons. The van der Waals surface area contributed by atoms with Gasteiger partial charge in [0.2, 0.25) is 11.1 Å². The lowest BCUT2D eigenvalue weighted by Crippen LogP contribution is -2.36. The van der Waals surface area contributed by atoms with E-state index >= 15 is 0 Å². The Morgan fingerprint density at radius 3 is 2.76 bits per heavy atom. The highest BCUT2D eigenvalue weighted by atomic mass is 32.2. The quantitative estimate of drug-likeness (QED) is 0.512. The van der Waals surface area contributed by atoms with Crippen LogP contribution in [-0.2, 0) is 4.79 Å². The maximum Gasteiger partial charge on any atom is 0.227 e. The largest absolute Gasteiger partial charge is 0.493 e. The van der Waals surface area contributed by atoms with E-state index in [1.165, 1.54) is 0 Å². The predicted octanol–water partition coefficient (Wildman–Crippen LogP) is 5.48. The van der Waals surface area contributed by atoms with Gasteiger partial charge in [0.25, 0.3) is 0 Å². The zero-order valence-electron chi connectivity index (χ0n) is 20.4. The first-order valence-electron chi connectivity index (χ1n) is 11.7. The summed E-state index contributed by atoms with van der Waals surface area (Å²) in [5, 5.41) is 8.88. The van der Waals surface area contributed by atoms with Gasteiger partial charge in [-0.05, 0) is 47.6 Å². The van der Waals surface area contributed by atoms with Crippen molar-refractivity contribution in [3.8, 4) is 11.5 Å². The summed E-state index contributed by atoms with van der Waals surface area (Å²) in [5.41, 5.74) is 2.56. The summed E-state index contributed by atoms with van der Waals surface area (Å²) in [6.07, 6.45) is 2.28. The van der Waals surface area contributed by atoms with Crippen molar-refractivity contribution in [2.24, 2.45) is 11.3 Å². The number of hydrogen-bond donors (Lipinski definition) is 1. The Morgan fingerprint density at radius 1 is 1.27 bits per heavy atom. The number of fused-ring (bicyclic) bond motifs is 1. The van der Waals surface area contributed by atoms with Gasteiger partial charge in [0.1, 0.15) is 6.04 Å². The van der Waals surface area contributed by atoms with Gasteiger partial charge in [0.15, 0.2) is 17.3 Å². The van der Waals surface area contributed by atoms with Crippen molar-refractivity contribution in [1.82, 2.24) is 14.8 Å². The zero-order valence-corrected chi connectivity index (χ0v) is 21.2. The number of anilines is 1. The highest BCUT2D eigenvalue weighted by Crippen LogP contribution is 2.46. The predicted molar refractivity (Wildman–Crippen MR) is 131 cm³/mol. The number of thioether (sulfide) groups is 1. The van der Waals surface area contributed by atoms with E-state index in [4.69, 9.17) is 19.6 Å². The third kappa shape index (κ3) is 4.90. The van der Waals surface area contributed by atoms with Gasteiger partial charge < -0.3 is 14.8 Å². The van der Waals surface area contributed by atoms with Gasteiger partial charge >= 0.3 is 0 Å². The van der Waals surface area contributed by atoms with E-state index in [2.05, 4.69) is 39.9 Å². The van der Waals surface area contributed by atoms with Crippen LogP contribution < -0.4 is 14.8 Å². The molecule has 0 fully saturated rings. The van der Waals surface area contributed by atoms with Crippen molar-refractivity contribution in [3.63, 3.8) is 0 Å². The van der Waals surface area contributed by atoms with Crippen molar-refractivity contribution in [1.29, 1.82) is 0 Å². The van der Waals surface area contributed by atoms with E-state index in [0.717, 1.165) is 35.4 Å². The number of allylic oxidation sites excluding steroid dienone is 2. The van der Waals surface area contributed by atoms with Gasteiger partial charge in [-0.1, -0.05) is 52.4 Å². The summed E-state index contributed by atoms with van der Waals surface area (Å²) in [5.74, 6) is 3.64. The van der Waals surface area contributed by atoms with Crippen LogP contribution >= 0.6 is 11.8 Å². The van der Waals surface area contributed by atoms with E-state index in [-0.39, 0.29) is 17.2 Å². The Balaban J connectivity index is 1.77. The lowest BCUT2D eigenvalue weighted by Gasteiger charge is -2.38. The van der Waals surface area contributed by atoms with Crippen LogP contribution in [0.4, 0.5) is 5.95 Å². The highest BCUT2D eigenvalue weighted by molar-refractivity contribution is 7.99. The number of methoxy groups -OCH3 is 1. The molecular weight excluding hydrogens is 436 g/mol. The van der Waals surface area contributed by atoms with Crippen LogP contribution in [0.1, 0.15) is 65.5 Å². The number of Topliss-reactive ketones (excluding diaryl/α,β-unsaturated/α-hetero) is 1. The van der Waals surface area contributed by atoms with Crippen LogP contribution in [0.5, 0.6) is 11.5 Å². The molecule has 0 saturated carbocycles. The normalized spacial score (nSPS) is 19.2. The SMILES string of the molecule is CCSc1nc2n(n1)C(c1ccc(OCCC(C)C)c(OC)c1)C1=C(CC(C)(C)CC1=O)N2. The van der Waals surface area contributed by atoms with Crippen molar-refractivity contribution >= 4 is 23.5 Å². The van der Waals surface area contributed by atoms with Crippen LogP contribution in [0.25, 0.3) is 0 Å². The number of carbonyl (C=O) groups is 1. The maximum atomic E-state index is 13.4. The van der Waals surface area contributed by atoms with Crippen LogP contribution in [0.15, 0.2) is 34.6 Å². The standard InChI is InChI=1S/C25H34N4O3S/c1-7-33-24-27-23-26-17-13-25(4,5)14-18(30)21(17)22(29(23)28-24)16-8-9-19(20(12-16)31-6)32-11-10-15(2)3/h8-9,12,15,22H,7,10-11,13-14H2,1-6H3,(H,26,27,28). The molecule has 178 valence electrons. The third-order valence-electron chi connectivity index (χ3n) is 6.04. The third-order valence-corrected chi connectivity index (χ3v) is 6.76. The van der Waals surface area contributed by atoms with Gasteiger partial charge in [-0.15, -0.1) is 5.10 Å². The lowest BCUT2D eigenvalue weighted by atomic mass is 9.73. The van der Waals surface area contributed by atoms with Gasteiger partial charge in [-0.25, -0.2) is 4.68 Å². The Labute approximate surface area is 200 Å². The van der Waals surface area contributed by atoms with Crippen LogP contribution in [0.3, 0.4) is 0 Å². The number of carbonyl (C=O) groups excluding carboxylic acids is 1. The minimum Gasteiger partial charge on any atom is -0.493 e. The number of rotatable bonds is 8. The topological polar surface area (TPSA) is 78.3 Å². The summed E-state index contributed by atoms with van der Waals surface area (Å²) in [7, 11) is 1.65. The Morgan fingerprint density at radius 2 is 2.06 bits per heavy atom. The summed E-state index contributed by atoms with van der Waals surface area (Å²) in [6.45, 7) is 11.3. The second kappa shape index (κ2) is 9.41. The smallest absolute Gasteiger partial charge is 0.227 e. The van der Waals surface area contributed by atoms with Crippen molar-refractivity contribution in [2.75, 3.05) is 24.8 Å². The molecule has 1 atom stereocenters. The summed E-state index contributed by atoms with van der Waals surface area (Å²) >= 11 is 1.59. The van der Waals surface area contributed by atoms with Gasteiger partial charge in [-0.3, -0.25) is 4.79 Å². The number of ether oxygens (including phenoxy) is 2. The van der Waals surface area contributed by atoms with E-state index in [0.29, 0.717) is 41.5 Å². The molecule has 0 spiro atoms. The average molecular weight is 471 g/mol. The number of ketones is 1. The molecule has 1 aromatic carbocycles. The van der Waals surface area contributed by atoms with Crippen LogP contribution in [0.2, 0.25) is 0 Å². The number of hydrogen-bond acceptors (Lipinski definition) is 7. The highest BCUT2D eigenvalue weighted by Gasteiger charge is 2.42. The molecule has 1 aromatic heterocycles. The Hall–Kier alpha value is -2.48. The fraction of sp³-hybridized carbons (Fsp3) is 0.560. The summed E-state index contributed by atoms with van der Waals surface area (Å²) < 4.78 is 13.5. The first kappa shape index (κ1) is 23.7. The Kier molecular flexibility index (Phi) is 6.75. The molecule has 2 aliphatic rings. The van der Waals surface area contributed by atoms with Crippen LogP contribution in [-0.4, -0.2) is 40.0 Å². The number of nitrogens with one attached hydrogen (secondary N) is 1. The van der Waals surface area contributed by atoms with Gasteiger partial charge in [-0.2, -0.15) is 4.98 Å². The molecule has 1 aliphatic heterocycles. The minimum absolute atomic E-state index is 0.0948. The van der Waals surface area contributed by atoms with E-state index in [1.54, 1.807) is 18.9 Å². The molecule has 4 rings (SSSR count). The Bertz CT molecular complexity index is 1070. The van der Waals surface area contributed by atoms with Gasteiger partial charge in [0, 0.05) is 17.7 Å². The molecule has 0 saturated heterocycles. The van der Waals surface area contributed by atoms with E-state index in [1.807, 2.05) is 22.9 Å². The molecule has 1 N–H and O–H groups in total. The van der Waals surface area contributed by atoms with Crippen molar-refractivity contribution in [2.45, 2.75) is 65.1 Å². The molecular formula is C25H34N4O3S. The van der Waals surface area contributed by atoms with E-state index in [9.17, 15) is 4.79 Å². The lowest BCUT2D eigenvalue weighted by molar-refractivity contribution is -0.118. The summed E-state index contributed by atoms with van der Waals surface area (Å²) in [6, 6.07) is 5.57. The second-order valence-electron chi connectivity index (χ2n) is 9.90. The van der Waals surface area contributed by atoms with E-state index < -0.39 is 0 Å². The monoisotopic (exact) mass is 470 g/mol. The maximum absolute atomic E-state index is 13.4. The molecule has 0 bridgehead atoms. The molecule has 7 nitrogen and oxygen atoms in total. The fourth-order valence-electron chi connectivity index (χ4n) is 4.47.